The van der Waals surface area contributed by atoms with Gasteiger partial charge in [0.05, 0.1) is 0 Å². The van der Waals surface area contributed by atoms with E-state index in [1.807, 2.05) is 39.8 Å². The Morgan fingerprint density at radius 1 is 0.680 bits per heavy atom. The summed E-state index contributed by atoms with van der Waals surface area (Å²) in [5, 5.41) is 6.16. The molecule has 0 saturated carbocycles. The van der Waals surface area contributed by atoms with Crippen LogP contribution < -0.4 is 10.6 Å². The van der Waals surface area contributed by atoms with Crippen LogP contribution in [-0.2, 0) is 26.1 Å². The molecule has 2 N–H and O–H groups in total. The Morgan fingerprint density at radius 3 is 1.28 bits per heavy atom. The van der Waals surface area contributed by atoms with Gasteiger partial charge in [0, 0.05) is 35.6 Å². The number of nitrogens with one attached hydrogen (secondary N) is 2. The van der Waals surface area contributed by atoms with Gasteiger partial charge in [-0.1, -0.05) is 24.3 Å². The van der Waals surface area contributed by atoms with Gasteiger partial charge in [0.2, 0.25) is 0 Å². The zero-order valence-corrected chi connectivity index (χ0v) is 16.0. The predicted molar refractivity (Wildman–Crippen MR) is 99.3 cm³/mol. The van der Waals surface area contributed by atoms with Gasteiger partial charge in [0.25, 0.3) is 0 Å². The van der Waals surface area contributed by atoms with Gasteiger partial charge in [0.1, 0.15) is 0 Å². The van der Waals surface area contributed by atoms with Crippen molar-refractivity contribution in [1.82, 2.24) is 10.6 Å². The molecule has 0 bridgehead atoms. The van der Waals surface area contributed by atoms with Crippen LogP contribution in [0.3, 0.4) is 0 Å². The van der Waals surface area contributed by atoms with E-state index in [2.05, 4.69) is 10.6 Å². The standard InChI is InChI=1S/2C10H13NO.Ni/c2*1-8(2)11-7-9-5-3-4-6-10(9)12;/h2*3-8,11H,1-2H3;/q;;+2/b2*9-7-;. The Morgan fingerprint density at radius 2 is 1.00 bits per heavy atom. The molecule has 2 rings (SSSR count). The maximum absolute atomic E-state index is 11.2. The number of ketones is 2. The summed E-state index contributed by atoms with van der Waals surface area (Å²) in [5.41, 5.74) is 1.43. The minimum atomic E-state index is 0. The van der Waals surface area contributed by atoms with Crippen molar-refractivity contribution in [2.24, 2.45) is 0 Å². The summed E-state index contributed by atoms with van der Waals surface area (Å²) < 4.78 is 0. The minimum Gasteiger partial charge on any atom is -0.388 e. The minimum absolute atomic E-state index is 0. The second-order valence-electron chi connectivity index (χ2n) is 6.01. The Hall–Kier alpha value is -2.13. The fraction of sp³-hybridized carbons (Fsp3) is 0.300. The van der Waals surface area contributed by atoms with Gasteiger partial charge in [-0.05, 0) is 52.0 Å². The molecule has 2 aliphatic carbocycles. The number of allylic oxidation sites excluding steroid dienone is 10. The van der Waals surface area contributed by atoms with Crippen LogP contribution in [0.1, 0.15) is 27.7 Å². The maximum atomic E-state index is 11.2. The summed E-state index contributed by atoms with van der Waals surface area (Å²) in [6, 6.07) is 0.731. The van der Waals surface area contributed by atoms with Crippen LogP contribution in [0.25, 0.3) is 0 Å². The smallest absolute Gasteiger partial charge is 0.388 e. The molecule has 0 fully saturated rings. The van der Waals surface area contributed by atoms with Gasteiger partial charge < -0.3 is 10.6 Å². The van der Waals surface area contributed by atoms with Gasteiger partial charge in [0.15, 0.2) is 11.6 Å². The molecule has 0 aromatic heterocycles. The SMILES string of the molecule is CC(C)N/C=C1/C=CC=CC1=O.CC(C)N/C=C1/C=CC=CC1=O.[Ni+2]. The molecule has 0 radical (unpaired) electrons. The average Bonchev–Trinajstić information content (AvgIpc) is 2.54. The third-order valence-corrected chi connectivity index (χ3v) is 2.98. The molecule has 5 heteroatoms. The quantitative estimate of drug-likeness (QED) is 0.577. The van der Waals surface area contributed by atoms with E-state index in [4.69, 9.17) is 0 Å². The zero-order valence-electron chi connectivity index (χ0n) is 15.1. The first-order valence-corrected chi connectivity index (χ1v) is 8.10. The Bertz CT molecular complexity index is 580. The number of carbonyl (C=O) groups is 2. The van der Waals surface area contributed by atoms with Gasteiger partial charge in [-0.25, -0.2) is 0 Å². The van der Waals surface area contributed by atoms with Gasteiger partial charge >= 0.3 is 16.5 Å². The normalized spacial score (nSPS) is 18.5. The van der Waals surface area contributed by atoms with E-state index in [-0.39, 0.29) is 28.1 Å². The monoisotopic (exact) mass is 384 g/mol. The van der Waals surface area contributed by atoms with Crippen molar-refractivity contribution in [1.29, 1.82) is 0 Å². The van der Waals surface area contributed by atoms with E-state index in [1.165, 1.54) is 0 Å². The Labute approximate surface area is 160 Å². The number of rotatable bonds is 4. The summed E-state index contributed by atoms with van der Waals surface area (Å²) in [7, 11) is 0. The van der Waals surface area contributed by atoms with Crippen LogP contribution in [0.2, 0.25) is 0 Å². The van der Waals surface area contributed by atoms with E-state index in [0.717, 1.165) is 0 Å². The molecule has 0 aliphatic heterocycles. The largest absolute Gasteiger partial charge is 2.00 e. The fourth-order valence-electron chi connectivity index (χ4n) is 1.71. The molecule has 0 saturated heterocycles. The van der Waals surface area contributed by atoms with E-state index in [1.54, 1.807) is 48.9 Å². The first-order chi connectivity index (χ1) is 11.4. The molecule has 0 aromatic rings. The number of carbonyl (C=O) groups excluding carboxylic acids is 2. The second-order valence-corrected chi connectivity index (χ2v) is 6.01. The number of hydrogen-bond acceptors (Lipinski definition) is 4. The predicted octanol–water partition coefficient (Wildman–Crippen LogP) is 3.12. The topological polar surface area (TPSA) is 58.2 Å². The van der Waals surface area contributed by atoms with Crippen LogP contribution in [-0.4, -0.2) is 23.7 Å². The van der Waals surface area contributed by atoms with Crippen LogP contribution >= 0.6 is 0 Å². The van der Waals surface area contributed by atoms with Crippen molar-refractivity contribution in [2.75, 3.05) is 0 Å². The molecule has 0 aromatic carbocycles. The fourth-order valence-corrected chi connectivity index (χ4v) is 1.71. The van der Waals surface area contributed by atoms with E-state index in [9.17, 15) is 9.59 Å². The van der Waals surface area contributed by atoms with Crippen molar-refractivity contribution in [2.45, 2.75) is 39.8 Å². The summed E-state index contributed by atoms with van der Waals surface area (Å²) in [6.07, 6.45) is 17.5. The summed E-state index contributed by atoms with van der Waals surface area (Å²) >= 11 is 0. The van der Waals surface area contributed by atoms with Crippen LogP contribution in [0.15, 0.2) is 72.2 Å². The summed E-state index contributed by atoms with van der Waals surface area (Å²) in [5.74, 6) is 0.122. The molecule has 0 atom stereocenters. The van der Waals surface area contributed by atoms with Crippen LogP contribution in [0.4, 0.5) is 0 Å². The molecule has 4 nitrogen and oxygen atoms in total. The third-order valence-electron chi connectivity index (χ3n) is 2.98. The van der Waals surface area contributed by atoms with Gasteiger partial charge in [-0.3, -0.25) is 9.59 Å². The molecule has 2 aliphatic rings. The molecule has 25 heavy (non-hydrogen) atoms. The summed E-state index contributed by atoms with van der Waals surface area (Å²) in [6.45, 7) is 8.13. The van der Waals surface area contributed by atoms with Crippen molar-refractivity contribution in [3.8, 4) is 0 Å². The Kier molecular flexibility index (Phi) is 11.2. The van der Waals surface area contributed by atoms with Crippen LogP contribution in [0.5, 0.6) is 0 Å². The molecule has 0 unspecified atom stereocenters. The zero-order chi connectivity index (χ0) is 17.9. The average molecular weight is 385 g/mol. The van der Waals surface area contributed by atoms with E-state index < -0.39 is 0 Å². The van der Waals surface area contributed by atoms with Crippen LogP contribution in [0, 0.1) is 0 Å². The Balaban J connectivity index is 0.000000443. The van der Waals surface area contributed by atoms with Crippen molar-refractivity contribution in [3.63, 3.8) is 0 Å². The molecule has 0 amide bonds. The van der Waals surface area contributed by atoms with E-state index >= 15 is 0 Å². The molecule has 136 valence electrons. The van der Waals surface area contributed by atoms with Gasteiger partial charge in [-0.15, -0.1) is 0 Å². The third kappa shape index (κ3) is 9.68. The van der Waals surface area contributed by atoms with Gasteiger partial charge in [-0.2, -0.15) is 0 Å². The molecule has 0 heterocycles. The van der Waals surface area contributed by atoms with Crippen molar-refractivity contribution < 1.29 is 26.1 Å². The molecular weight excluding hydrogens is 359 g/mol. The molecule has 0 spiro atoms. The van der Waals surface area contributed by atoms with E-state index in [0.29, 0.717) is 23.2 Å². The van der Waals surface area contributed by atoms with Crippen molar-refractivity contribution >= 4 is 11.6 Å². The summed E-state index contributed by atoms with van der Waals surface area (Å²) in [4.78, 5) is 22.3. The number of hydrogen-bond donors (Lipinski definition) is 2. The first kappa shape index (κ1) is 22.9. The first-order valence-electron chi connectivity index (χ1n) is 8.10. The molecular formula is C20H26N2NiO2+2. The maximum Gasteiger partial charge on any atom is 2.00 e. The second kappa shape index (κ2) is 12.3. The van der Waals surface area contributed by atoms with Crippen molar-refractivity contribution in [3.05, 3.63) is 72.2 Å².